The van der Waals surface area contributed by atoms with Gasteiger partial charge in [0.05, 0.1) is 5.71 Å². The molecule has 2 aromatic carbocycles. The maximum atomic E-state index is 8.97. The van der Waals surface area contributed by atoms with E-state index >= 15 is 0 Å². The summed E-state index contributed by atoms with van der Waals surface area (Å²) in [4.78, 5) is 3.38. The Morgan fingerprint density at radius 3 is 2.67 bits per heavy atom. The van der Waals surface area contributed by atoms with Gasteiger partial charge in [-0.25, -0.2) is 0 Å². The van der Waals surface area contributed by atoms with E-state index in [9.17, 15) is 0 Å². The van der Waals surface area contributed by atoms with E-state index in [4.69, 9.17) is 5.21 Å². The zero-order valence-electron chi connectivity index (χ0n) is 10.1. The highest BCUT2D eigenvalue weighted by Gasteiger charge is 2.07. The van der Waals surface area contributed by atoms with E-state index in [1.807, 2.05) is 31.2 Å². The highest BCUT2D eigenvalue weighted by Crippen LogP contribution is 2.26. The Bertz CT molecular complexity index is 740. The average molecular weight is 238 g/mol. The molecule has 0 amide bonds. The molecule has 0 aliphatic rings. The minimum Gasteiger partial charge on any atom is -0.411 e. The van der Waals surface area contributed by atoms with Crippen molar-refractivity contribution in [3.63, 3.8) is 0 Å². The predicted molar refractivity (Wildman–Crippen MR) is 74.4 cm³/mol. The van der Waals surface area contributed by atoms with Gasteiger partial charge >= 0.3 is 0 Å². The van der Waals surface area contributed by atoms with Crippen LogP contribution in [-0.4, -0.2) is 15.9 Å². The molecule has 0 unspecified atom stereocenters. The van der Waals surface area contributed by atoms with Gasteiger partial charge in [-0.3, -0.25) is 0 Å². The van der Waals surface area contributed by atoms with Gasteiger partial charge in [-0.05, 0) is 18.6 Å². The molecule has 1 aromatic heterocycles. The molecule has 3 rings (SSSR count). The van der Waals surface area contributed by atoms with Gasteiger partial charge < -0.3 is 10.2 Å². The monoisotopic (exact) mass is 238 g/mol. The van der Waals surface area contributed by atoms with Crippen molar-refractivity contribution in [1.29, 1.82) is 0 Å². The number of nitrogens with zero attached hydrogens (tertiary/aromatic N) is 1. The number of benzene rings is 2. The molecular weight excluding hydrogens is 224 g/mol. The molecule has 18 heavy (non-hydrogen) atoms. The Balaban J connectivity index is 2.27. The molecular formula is C15H14N2O. The number of hydrogen-bond acceptors (Lipinski definition) is 2. The molecule has 3 aromatic rings. The fourth-order valence-electron chi connectivity index (χ4n) is 2.37. The van der Waals surface area contributed by atoms with Gasteiger partial charge in [-0.2, -0.15) is 0 Å². The highest BCUT2D eigenvalue weighted by atomic mass is 16.4. The van der Waals surface area contributed by atoms with E-state index in [0.717, 1.165) is 16.6 Å². The molecule has 0 radical (unpaired) electrons. The molecule has 3 heteroatoms. The second-order valence-corrected chi connectivity index (χ2v) is 4.33. The summed E-state index contributed by atoms with van der Waals surface area (Å²) in [6.07, 6.45) is 0.711. The van der Waals surface area contributed by atoms with Crippen LogP contribution < -0.4 is 0 Å². The first kappa shape index (κ1) is 10.8. The largest absolute Gasteiger partial charge is 0.411 e. The number of fused-ring (bicyclic) bond motifs is 3. The third-order valence-corrected chi connectivity index (χ3v) is 3.29. The number of oxime groups is 1. The fourth-order valence-corrected chi connectivity index (χ4v) is 2.37. The van der Waals surface area contributed by atoms with Crippen LogP contribution in [0, 0.1) is 0 Å². The lowest BCUT2D eigenvalue weighted by atomic mass is 10.1. The van der Waals surface area contributed by atoms with Crippen LogP contribution in [0.25, 0.3) is 21.8 Å². The van der Waals surface area contributed by atoms with E-state index in [0.29, 0.717) is 12.1 Å². The highest BCUT2D eigenvalue weighted by molar-refractivity contribution is 6.10. The van der Waals surface area contributed by atoms with E-state index in [-0.39, 0.29) is 0 Å². The first-order valence-corrected chi connectivity index (χ1v) is 6.05. The third kappa shape index (κ3) is 1.56. The SMILES string of the molecule is CC/C(=N\O)c1ccc2c(c1)[nH]c1ccccc12. The minimum absolute atomic E-state index is 0.704. The third-order valence-electron chi connectivity index (χ3n) is 3.29. The summed E-state index contributed by atoms with van der Waals surface area (Å²) in [6.45, 7) is 1.98. The van der Waals surface area contributed by atoms with E-state index in [2.05, 4.69) is 28.3 Å². The number of para-hydroxylation sites is 1. The molecule has 0 aliphatic carbocycles. The minimum atomic E-state index is 0.704. The summed E-state index contributed by atoms with van der Waals surface area (Å²) in [5, 5.41) is 14.7. The van der Waals surface area contributed by atoms with Crippen LogP contribution in [0.1, 0.15) is 18.9 Å². The van der Waals surface area contributed by atoms with Crippen molar-refractivity contribution < 1.29 is 5.21 Å². The molecule has 90 valence electrons. The maximum Gasteiger partial charge on any atom is 0.0865 e. The van der Waals surface area contributed by atoms with Crippen LogP contribution >= 0.6 is 0 Å². The number of hydrogen-bond donors (Lipinski definition) is 2. The lowest BCUT2D eigenvalue weighted by Gasteiger charge is -2.01. The van der Waals surface area contributed by atoms with Crippen molar-refractivity contribution in [3.05, 3.63) is 48.0 Å². The van der Waals surface area contributed by atoms with Crippen LogP contribution in [0.2, 0.25) is 0 Å². The number of nitrogens with one attached hydrogen (secondary N) is 1. The quantitative estimate of drug-likeness (QED) is 0.397. The summed E-state index contributed by atoms with van der Waals surface area (Å²) in [5.41, 5.74) is 3.86. The molecule has 0 saturated heterocycles. The molecule has 2 N–H and O–H groups in total. The lowest BCUT2D eigenvalue weighted by molar-refractivity contribution is 0.318. The Kier molecular flexibility index (Phi) is 2.52. The van der Waals surface area contributed by atoms with E-state index < -0.39 is 0 Å². The molecule has 0 spiro atoms. The summed E-state index contributed by atoms with van der Waals surface area (Å²) in [7, 11) is 0. The van der Waals surface area contributed by atoms with Crippen LogP contribution in [0.15, 0.2) is 47.6 Å². The first-order valence-electron chi connectivity index (χ1n) is 6.05. The summed E-state index contributed by atoms with van der Waals surface area (Å²) in [5.74, 6) is 0. The lowest BCUT2D eigenvalue weighted by Crippen LogP contribution is -1.98. The summed E-state index contributed by atoms with van der Waals surface area (Å²) in [6, 6.07) is 14.3. The molecule has 0 fully saturated rings. The van der Waals surface area contributed by atoms with Gasteiger partial charge in [-0.15, -0.1) is 0 Å². The van der Waals surface area contributed by atoms with Crippen LogP contribution in [-0.2, 0) is 0 Å². The maximum absolute atomic E-state index is 8.97. The second kappa shape index (κ2) is 4.18. The normalized spacial score (nSPS) is 12.4. The standard InChI is InChI=1S/C15H14N2O/c1-2-13(17-18)10-7-8-12-11-5-3-4-6-14(11)16-15(12)9-10/h3-9,16,18H,2H2,1H3/b17-13+. The smallest absolute Gasteiger partial charge is 0.0865 e. The zero-order valence-corrected chi connectivity index (χ0v) is 10.1. The Labute approximate surface area is 105 Å². The van der Waals surface area contributed by atoms with Crippen molar-refractivity contribution >= 4 is 27.5 Å². The van der Waals surface area contributed by atoms with Gasteiger partial charge in [-0.1, -0.05) is 42.4 Å². The van der Waals surface area contributed by atoms with E-state index in [1.54, 1.807) is 0 Å². The molecule has 3 nitrogen and oxygen atoms in total. The molecule has 0 atom stereocenters. The predicted octanol–water partition coefficient (Wildman–Crippen LogP) is 3.91. The number of rotatable bonds is 2. The zero-order chi connectivity index (χ0) is 12.5. The van der Waals surface area contributed by atoms with Crippen LogP contribution in [0.3, 0.4) is 0 Å². The van der Waals surface area contributed by atoms with Crippen molar-refractivity contribution in [3.8, 4) is 0 Å². The summed E-state index contributed by atoms with van der Waals surface area (Å²) < 4.78 is 0. The van der Waals surface area contributed by atoms with Crippen molar-refractivity contribution in [1.82, 2.24) is 4.98 Å². The van der Waals surface area contributed by atoms with Crippen molar-refractivity contribution in [2.75, 3.05) is 0 Å². The van der Waals surface area contributed by atoms with Gasteiger partial charge in [0.2, 0.25) is 0 Å². The van der Waals surface area contributed by atoms with Gasteiger partial charge in [0.15, 0.2) is 0 Å². The number of aromatic amines is 1. The average Bonchev–Trinajstić information content (AvgIpc) is 2.78. The second-order valence-electron chi connectivity index (χ2n) is 4.33. The number of H-pyrrole nitrogens is 1. The van der Waals surface area contributed by atoms with Crippen LogP contribution in [0.5, 0.6) is 0 Å². The Morgan fingerprint density at radius 1 is 1.11 bits per heavy atom. The van der Waals surface area contributed by atoms with Crippen molar-refractivity contribution in [2.45, 2.75) is 13.3 Å². The Hall–Kier alpha value is -2.29. The van der Waals surface area contributed by atoms with Crippen LogP contribution in [0.4, 0.5) is 0 Å². The molecule has 1 heterocycles. The molecule has 0 aliphatic heterocycles. The number of aromatic nitrogens is 1. The summed E-state index contributed by atoms with van der Waals surface area (Å²) >= 11 is 0. The molecule has 0 saturated carbocycles. The van der Waals surface area contributed by atoms with Gasteiger partial charge in [0.1, 0.15) is 0 Å². The molecule has 0 bridgehead atoms. The van der Waals surface area contributed by atoms with Crippen molar-refractivity contribution in [2.24, 2.45) is 5.16 Å². The van der Waals surface area contributed by atoms with E-state index in [1.165, 1.54) is 10.8 Å². The fraction of sp³-hybridized carbons (Fsp3) is 0.133. The Morgan fingerprint density at radius 2 is 1.89 bits per heavy atom. The van der Waals surface area contributed by atoms with Gasteiger partial charge in [0.25, 0.3) is 0 Å². The van der Waals surface area contributed by atoms with Gasteiger partial charge in [0, 0.05) is 27.4 Å². The first-order chi connectivity index (χ1) is 8.83. The topological polar surface area (TPSA) is 48.4 Å².